The van der Waals surface area contributed by atoms with Gasteiger partial charge in [0.25, 0.3) is 0 Å². The molecule has 0 saturated heterocycles. The van der Waals surface area contributed by atoms with Crippen LogP contribution in [0.15, 0.2) is 206 Å². The molecule has 370 valence electrons. The summed E-state index contributed by atoms with van der Waals surface area (Å²) in [5, 5.41) is 6.45. The van der Waals surface area contributed by atoms with Gasteiger partial charge >= 0.3 is 0 Å². The molecular weight excluding hydrogens is 945 g/mol. The maximum atomic E-state index is 15.0. The predicted octanol–water partition coefficient (Wildman–Crippen LogP) is 20.0. The van der Waals surface area contributed by atoms with Gasteiger partial charge in [0.15, 0.2) is 0 Å². The summed E-state index contributed by atoms with van der Waals surface area (Å²) in [6, 6.07) is 66.9. The monoisotopic (exact) mass is 996 g/mol. The van der Waals surface area contributed by atoms with Crippen molar-refractivity contribution < 1.29 is 17.6 Å². The summed E-state index contributed by atoms with van der Waals surface area (Å²) in [6.45, 7) is 13.3. The van der Waals surface area contributed by atoms with Gasteiger partial charge in [-0.25, -0.2) is 17.6 Å². The van der Waals surface area contributed by atoms with Crippen LogP contribution in [0.1, 0.15) is 52.7 Å². The number of rotatable bonds is 6. The van der Waals surface area contributed by atoms with Gasteiger partial charge < -0.3 is 9.13 Å². The molecular formula is C70H52F4N2. The standard InChI is InChI=1S/C70H52F4N2/c1-69(2,3)47-19-15-43(16-20-47)41-7-11-45(12-8-41)67-55-29-27-54(76-65-33-25-51(73)37-59(65)60-38-52(74)26-34-66(60)76)40-62(55)68(46-13-9-42(10-14-46)44-17-21-48(22-18-44)70(4,5)6)56-30-28-53(39-61(56)67)75-63-31-23-49(71)35-57(63)58-36-50(72)24-32-64(58)75/h7-40H,1-6H3. The molecule has 0 bridgehead atoms. The Hall–Kier alpha value is -8.74. The number of halogens is 4. The molecule has 0 aliphatic rings. The fourth-order valence-electron chi connectivity index (χ4n) is 11.6. The maximum absolute atomic E-state index is 15.0. The molecule has 0 N–H and O–H groups in total. The Labute approximate surface area is 438 Å². The Morgan fingerprint density at radius 2 is 0.513 bits per heavy atom. The van der Waals surface area contributed by atoms with E-state index in [1.165, 1.54) is 59.7 Å². The third-order valence-corrected chi connectivity index (χ3v) is 15.5. The van der Waals surface area contributed by atoms with Crippen molar-refractivity contribution in [3.05, 3.63) is 241 Å². The van der Waals surface area contributed by atoms with Crippen LogP contribution in [0.25, 0.3) is 121 Å². The highest BCUT2D eigenvalue weighted by Gasteiger charge is 2.23. The van der Waals surface area contributed by atoms with Crippen molar-refractivity contribution in [2.45, 2.75) is 52.4 Å². The predicted molar refractivity (Wildman–Crippen MR) is 309 cm³/mol. The first kappa shape index (κ1) is 47.0. The smallest absolute Gasteiger partial charge is 0.123 e. The average Bonchev–Trinajstić information content (AvgIpc) is 3.91. The molecule has 0 amide bonds. The number of hydrogen-bond donors (Lipinski definition) is 0. The molecule has 0 spiro atoms. The third kappa shape index (κ3) is 7.85. The normalized spacial score (nSPS) is 12.3. The third-order valence-electron chi connectivity index (χ3n) is 15.5. The number of nitrogens with zero attached hydrogens (tertiary/aromatic N) is 2. The first-order chi connectivity index (χ1) is 36.6. The van der Waals surface area contributed by atoms with Gasteiger partial charge in [-0.05, 0) is 185 Å². The molecule has 0 atom stereocenters. The van der Waals surface area contributed by atoms with E-state index in [0.29, 0.717) is 21.5 Å². The van der Waals surface area contributed by atoms with E-state index in [0.717, 1.165) is 99.5 Å². The van der Waals surface area contributed by atoms with E-state index in [9.17, 15) is 0 Å². The quantitative estimate of drug-likeness (QED) is 0.116. The zero-order valence-electron chi connectivity index (χ0n) is 43.0. The minimum Gasteiger partial charge on any atom is -0.309 e. The van der Waals surface area contributed by atoms with E-state index in [1.54, 1.807) is 24.3 Å². The highest BCUT2D eigenvalue weighted by atomic mass is 19.1. The Morgan fingerprint density at radius 3 is 0.789 bits per heavy atom. The minimum absolute atomic E-state index is 0.0266. The van der Waals surface area contributed by atoms with Crippen LogP contribution in [0.4, 0.5) is 17.6 Å². The van der Waals surface area contributed by atoms with Crippen LogP contribution >= 0.6 is 0 Å². The van der Waals surface area contributed by atoms with Gasteiger partial charge in [0, 0.05) is 32.9 Å². The van der Waals surface area contributed by atoms with Crippen molar-refractivity contribution in [2.75, 3.05) is 0 Å². The highest BCUT2D eigenvalue weighted by molar-refractivity contribution is 6.23. The van der Waals surface area contributed by atoms with Gasteiger partial charge in [-0.3, -0.25) is 0 Å². The molecule has 76 heavy (non-hydrogen) atoms. The molecule has 0 unspecified atom stereocenters. The second-order valence-electron chi connectivity index (χ2n) is 22.3. The molecule has 6 heteroatoms. The molecule has 13 rings (SSSR count). The van der Waals surface area contributed by atoms with Crippen LogP contribution in [-0.4, -0.2) is 9.13 Å². The topological polar surface area (TPSA) is 9.86 Å². The van der Waals surface area contributed by atoms with Crippen molar-refractivity contribution >= 4 is 65.2 Å². The van der Waals surface area contributed by atoms with Crippen molar-refractivity contribution in [1.82, 2.24) is 9.13 Å². The van der Waals surface area contributed by atoms with Crippen molar-refractivity contribution in [1.29, 1.82) is 0 Å². The summed E-state index contributed by atoms with van der Waals surface area (Å²) >= 11 is 0. The fraction of sp³-hybridized carbons (Fsp3) is 0.114. The Balaban J connectivity index is 1.10. The van der Waals surface area contributed by atoms with Gasteiger partial charge in [-0.2, -0.15) is 0 Å². The van der Waals surface area contributed by atoms with Crippen molar-refractivity contribution in [3.63, 3.8) is 0 Å². The van der Waals surface area contributed by atoms with E-state index in [2.05, 4.69) is 184 Å². The van der Waals surface area contributed by atoms with Gasteiger partial charge in [0.1, 0.15) is 23.3 Å². The summed E-state index contributed by atoms with van der Waals surface area (Å²) in [7, 11) is 0. The van der Waals surface area contributed by atoms with Crippen LogP contribution in [0, 0.1) is 23.3 Å². The SMILES string of the molecule is CC(C)(C)c1ccc(-c2ccc(-c3c4ccc(-n5c6ccc(F)cc6c6cc(F)ccc65)cc4c(-c4ccc(-c5ccc(C(C)(C)C)cc5)cc4)c4ccc(-n5c6ccc(F)cc6c6cc(F)ccc65)cc34)cc2)cc1. The highest BCUT2D eigenvalue weighted by Crippen LogP contribution is 2.47. The van der Waals surface area contributed by atoms with Gasteiger partial charge in [0.05, 0.1) is 22.1 Å². The van der Waals surface area contributed by atoms with Gasteiger partial charge in [-0.1, -0.05) is 151 Å². The molecule has 0 fully saturated rings. The van der Waals surface area contributed by atoms with Crippen LogP contribution in [0.3, 0.4) is 0 Å². The number of aromatic nitrogens is 2. The van der Waals surface area contributed by atoms with Crippen molar-refractivity contribution in [2.24, 2.45) is 0 Å². The molecule has 0 aliphatic carbocycles. The molecule has 2 nitrogen and oxygen atoms in total. The lowest BCUT2D eigenvalue weighted by Crippen LogP contribution is -2.10. The van der Waals surface area contributed by atoms with Gasteiger partial charge in [-0.15, -0.1) is 0 Å². The summed E-state index contributed by atoms with van der Waals surface area (Å²) in [6.07, 6.45) is 0. The van der Waals surface area contributed by atoms with E-state index in [-0.39, 0.29) is 10.8 Å². The molecule has 11 aromatic carbocycles. The summed E-state index contributed by atoms with van der Waals surface area (Å²) in [5.74, 6) is -1.58. The molecule has 2 heterocycles. The van der Waals surface area contributed by atoms with E-state index in [1.807, 2.05) is 0 Å². The largest absolute Gasteiger partial charge is 0.309 e. The lowest BCUT2D eigenvalue weighted by atomic mass is 9.84. The summed E-state index contributed by atoms with van der Waals surface area (Å²) < 4.78 is 64.3. The van der Waals surface area contributed by atoms with Crippen LogP contribution < -0.4 is 0 Å². The first-order valence-corrected chi connectivity index (χ1v) is 25.8. The molecule has 0 radical (unpaired) electrons. The first-order valence-electron chi connectivity index (χ1n) is 25.8. The van der Waals surface area contributed by atoms with E-state index < -0.39 is 23.3 Å². The molecule has 2 aromatic heterocycles. The summed E-state index contributed by atoms with van der Waals surface area (Å²) in [5.41, 5.74) is 15.7. The van der Waals surface area contributed by atoms with Crippen LogP contribution in [0.2, 0.25) is 0 Å². The molecule has 0 aliphatic heterocycles. The zero-order valence-corrected chi connectivity index (χ0v) is 43.0. The van der Waals surface area contributed by atoms with Crippen LogP contribution in [-0.2, 0) is 10.8 Å². The zero-order chi connectivity index (χ0) is 52.4. The number of benzene rings is 11. The molecule has 13 aromatic rings. The Morgan fingerprint density at radius 1 is 0.250 bits per heavy atom. The Kier molecular flexibility index (Phi) is 10.8. The minimum atomic E-state index is -0.395. The average molecular weight is 997 g/mol. The second kappa shape index (κ2) is 17.4. The summed E-state index contributed by atoms with van der Waals surface area (Å²) in [4.78, 5) is 0. The lowest BCUT2D eigenvalue weighted by Gasteiger charge is -2.21. The maximum Gasteiger partial charge on any atom is 0.123 e. The lowest BCUT2D eigenvalue weighted by molar-refractivity contribution is 0.590. The van der Waals surface area contributed by atoms with Crippen LogP contribution in [0.5, 0.6) is 0 Å². The fourth-order valence-corrected chi connectivity index (χ4v) is 11.6. The molecule has 0 saturated carbocycles. The number of fused-ring (bicyclic) bond motifs is 8. The Bertz CT molecular complexity index is 4060. The van der Waals surface area contributed by atoms with E-state index in [4.69, 9.17) is 0 Å². The van der Waals surface area contributed by atoms with Crippen molar-refractivity contribution in [3.8, 4) is 55.9 Å². The second-order valence-corrected chi connectivity index (χ2v) is 22.3. The van der Waals surface area contributed by atoms with E-state index >= 15 is 17.6 Å². The van der Waals surface area contributed by atoms with Gasteiger partial charge in [0.2, 0.25) is 0 Å². The number of hydrogen-bond acceptors (Lipinski definition) is 0.